The third-order valence-corrected chi connectivity index (χ3v) is 1.76. The van der Waals surface area contributed by atoms with Crippen molar-refractivity contribution in [3.63, 3.8) is 0 Å². The second-order valence-corrected chi connectivity index (χ2v) is 2.48. The molecule has 0 spiro atoms. The topological polar surface area (TPSA) is 53.2 Å². The van der Waals surface area contributed by atoms with E-state index in [1.54, 1.807) is 6.20 Å². The quantitative estimate of drug-likeness (QED) is 0.417. The lowest BCUT2D eigenvalue weighted by Gasteiger charge is -2.28. The molecule has 2 aliphatic heterocycles. The molecule has 0 aromatic heterocycles. The molecule has 0 aromatic carbocycles. The second-order valence-electron chi connectivity index (χ2n) is 2.48. The van der Waals surface area contributed by atoms with E-state index in [0.29, 0.717) is 6.67 Å². The molecule has 0 bridgehead atoms. The molecule has 1 saturated heterocycles. The zero-order valence-electron chi connectivity index (χ0n) is 5.92. The molecule has 0 saturated carbocycles. The van der Waals surface area contributed by atoms with Gasteiger partial charge >= 0.3 is 0 Å². The van der Waals surface area contributed by atoms with Gasteiger partial charge in [-0.15, -0.1) is 0 Å². The Morgan fingerprint density at radius 3 is 3.18 bits per heavy atom. The third kappa shape index (κ3) is 0.960. The fourth-order valence-corrected chi connectivity index (χ4v) is 1.20. The van der Waals surface area contributed by atoms with Crippen LogP contribution in [0.3, 0.4) is 0 Å². The summed E-state index contributed by atoms with van der Waals surface area (Å²) in [5, 5.41) is 8.71. The number of dihydropyridines is 1. The molecule has 2 aliphatic rings. The van der Waals surface area contributed by atoms with Gasteiger partial charge in [-0.3, -0.25) is 4.79 Å². The maximum Gasteiger partial charge on any atom is 0.250 e. The van der Waals surface area contributed by atoms with Gasteiger partial charge in [0.05, 0.1) is 6.67 Å². The Hall–Kier alpha value is -1.45. The number of carbonyl (C=O) groups is 1. The summed E-state index contributed by atoms with van der Waals surface area (Å²) in [5.74, 6) is 0.0272. The van der Waals surface area contributed by atoms with E-state index < -0.39 is 0 Å². The summed E-state index contributed by atoms with van der Waals surface area (Å²) in [5.41, 5.74) is 0.941. The van der Waals surface area contributed by atoms with Crippen LogP contribution in [0.25, 0.3) is 0 Å². The van der Waals surface area contributed by atoms with Gasteiger partial charge in [-0.05, 0) is 18.4 Å². The van der Waals surface area contributed by atoms with E-state index >= 15 is 0 Å². The molecule has 1 amide bonds. The molecular formula is C7H9N3O. The number of hydrogen-bond donors (Lipinski definition) is 3. The Bertz CT molecular complexity index is 244. The number of carbonyl (C=O) groups excluding carboxylic acids is 1. The van der Waals surface area contributed by atoms with Crippen LogP contribution in [0.1, 0.15) is 0 Å². The van der Waals surface area contributed by atoms with E-state index in [9.17, 15) is 4.79 Å². The first-order chi connectivity index (χ1) is 5.38. The molecule has 2 heterocycles. The van der Waals surface area contributed by atoms with Crippen molar-refractivity contribution in [3.8, 4) is 0 Å². The van der Waals surface area contributed by atoms with E-state index in [2.05, 4.69) is 16.0 Å². The van der Waals surface area contributed by atoms with Gasteiger partial charge in [-0.25, -0.2) is 0 Å². The Kier molecular flexibility index (Phi) is 1.31. The van der Waals surface area contributed by atoms with Crippen molar-refractivity contribution < 1.29 is 4.79 Å². The summed E-state index contributed by atoms with van der Waals surface area (Å²) in [7, 11) is 0. The summed E-state index contributed by atoms with van der Waals surface area (Å²) in [6.07, 6.45) is 5.54. The molecule has 0 aliphatic carbocycles. The largest absolute Gasteiger partial charge is 0.375 e. The average molecular weight is 151 g/mol. The summed E-state index contributed by atoms with van der Waals surface area (Å²) >= 11 is 0. The van der Waals surface area contributed by atoms with Gasteiger partial charge in [0.15, 0.2) is 0 Å². The first-order valence-electron chi connectivity index (χ1n) is 3.52. The SMILES string of the molecule is O=C1NCNC2=CC=CNC12. The van der Waals surface area contributed by atoms with Crippen LogP contribution in [0, 0.1) is 0 Å². The van der Waals surface area contributed by atoms with Crippen LogP contribution in [0.2, 0.25) is 0 Å². The van der Waals surface area contributed by atoms with E-state index in [4.69, 9.17) is 0 Å². The average Bonchev–Trinajstić information content (AvgIpc) is 2.06. The van der Waals surface area contributed by atoms with Crippen molar-refractivity contribution >= 4 is 5.91 Å². The van der Waals surface area contributed by atoms with Gasteiger partial charge in [0, 0.05) is 5.70 Å². The van der Waals surface area contributed by atoms with Crippen LogP contribution in [0.15, 0.2) is 24.0 Å². The van der Waals surface area contributed by atoms with Gasteiger partial charge in [0.2, 0.25) is 5.91 Å². The van der Waals surface area contributed by atoms with Gasteiger partial charge in [-0.2, -0.15) is 0 Å². The van der Waals surface area contributed by atoms with Crippen LogP contribution in [-0.4, -0.2) is 18.6 Å². The highest BCUT2D eigenvalue weighted by Gasteiger charge is 2.25. The minimum absolute atomic E-state index is 0.0272. The van der Waals surface area contributed by atoms with Gasteiger partial charge in [0.1, 0.15) is 6.04 Å². The number of amides is 1. The number of nitrogens with one attached hydrogen (secondary N) is 3. The van der Waals surface area contributed by atoms with Crippen molar-refractivity contribution in [2.24, 2.45) is 0 Å². The van der Waals surface area contributed by atoms with E-state index in [1.807, 2.05) is 12.2 Å². The fraction of sp³-hybridized carbons (Fsp3) is 0.286. The summed E-state index contributed by atoms with van der Waals surface area (Å²) in [6.45, 7) is 0.524. The van der Waals surface area contributed by atoms with Crippen molar-refractivity contribution in [1.29, 1.82) is 0 Å². The number of rotatable bonds is 0. The van der Waals surface area contributed by atoms with E-state index in [-0.39, 0.29) is 11.9 Å². The van der Waals surface area contributed by atoms with Crippen LogP contribution in [0.4, 0.5) is 0 Å². The summed E-state index contributed by atoms with van der Waals surface area (Å²) < 4.78 is 0. The second kappa shape index (κ2) is 2.30. The molecule has 0 radical (unpaired) electrons. The van der Waals surface area contributed by atoms with Gasteiger partial charge in [-0.1, -0.05) is 0 Å². The van der Waals surface area contributed by atoms with Crippen LogP contribution < -0.4 is 16.0 Å². The smallest absolute Gasteiger partial charge is 0.250 e. The molecule has 0 aromatic rings. The predicted molar refractivity (Wildman–Crippen MR) is 40.3 cm³/mol. The zero-order valence-corrected chi connectivity index (χ0v) is 5.92. The highest BCUT2D eigenvalue weighted by Crippen LogP contribution is 2.06. The Labute approximate surface area is 64.3 Å². The highest BCUT2D eigenvalue weighted by molar-refractivity contribution is 5.86. The summed E-state index contributed by atoms with van der Waals surface area (Å²) in [4.78, 5) is 11.1. The minimum Gasteiger partial charge on any atom is -0.375 e. The maximum atomic E-state index is 11.1. The molecule has 58 valence electrons. The lowest BCUT2D eigenvalue weighted by Crippen LogP contribution is -2.55. The van der Waals surface area contributed by atoms with Gasteiger partial charge in [0.25, 0.3) is 0 Å². The third-order valence-electron chi connectivity index (χ3n) is 1.76. The van der Waals surface area contributed by atoms with Crippen LogP contribution in [-0.2, 0) is 4.79 Å². The monoisotopic (exact) mass is 151 g/mol. The van der Waals surface area contributed by atoms with Crippen LogP contribution in [0.5, 0.6) is 0 Å². The van der Waals surface area contributed by atoms with E-state index in [0.717, 1.165) is 5.70 Å². The van der Waals surface area contributed by atoms with Crippen molar-refractivity contribution in [3.05, 3.63) is 24.0 Å². The first kappa shape index (κ1) is 6.27. The van der Waals surface area contributed by atoms with Gasteiger partial charge < -0.3 is 16.0 Å². The normalized spacial score (nSPS) is 27.5. The minimum atomic E-state index is -0.214. The Morgan fingerprint density at radius 1 is 1.45 bits per heavy atom. The molecule has 3 N–H and O–H groups in total. The predicted octanol–water partition coefficient (Wildman–Crippen LogP) is -0.967. The molecule has 4 heteroatoms. The molecule has 1 atom stereocenters. The molecule has 11 heavy (non-hydrogen) atoms. The standard InChI is InChI=1S/C7H9N3O/c11-7-6-5(9-4-10-7)2-1-3-8-6/h1-3,6,8-9H,4H2,(H,10,11). The molecular weight excluding hydrogens is 142 g/mol. The number of allylic oxidation sites excluding steroid dienone is 2. The Morgan fingerprint density at radius 2 is 2.36 bits per heavy atom. The van der Waals surface area contributed by atoms with E-state index in [1.165, 1.54) is 0 Å². The molecule has 1 fully saturated rings. The molecule has 1 unspecified atom stereocenters. The highest BCUT2D eigenvalue weighted by atomic mass is 16.2. The van der Waals surface area contributed by atoms with Crippen molar-refractivity contribution in [2.75, 3.05) is 6.67 Å². The fourth-order valence-electron chi connectivity index (χ4n) is 1.20. The maximum absolute atomic E-state index is 11.1. The van der Waals surface area contributed by atoms with Crippen LogP contribution >= 0.6 is 0 Å². The van der Waals surface area contributed by atoms with Crippen molar-refractivity contribution in [1.82, 2.24) is 16.0 Å². The number of fused-ring (bicyclic) bond motifs is 1. The first-order valence-corrected chi connectivity index (χ1v) is 3.52. The molecule has 4 nitrogen and oxygen atoms in total. The van der Waals surface area contributed by atoms with Crippen molar-refractivity contribution in [2.45, 2.75) is 6.04 Å². The lowest BCUT2D eigenvalue weighted by molar-refractivity contribution is -0.123. The zero-order chi connectivity index (χ0) is 7.68. The lowest BCUT2D eigenvalue weighted by atomic mass is 10.1. The number of hydrogen-bond acceptors (Lipinski definition) is 3. The molecule has 2 rings (SSSR count). The Balaban J connectivity index is 2.24. The summed E-state index contributed by atoms with van der Waals surface area (Å²) in [6, 6.07) is -0.214.